The van der Waals surface area contributed by atoms with Gasteiger partial charge >= 0.3 is 0 Å². The Morgan fingerprint density at radius 1 is 1.32 bits per heavy atom. The van der Waals surface area contributed by atoms with Crippen LogP contribution in [0.2, 0.25) is 0 Å². The average molecular weight is 305 g/mol. The van der Waals surface area contributed by atoms with Crippen molar-refractivity contribution in [1.29, 1.82) is 0 Å². The minimum Gasteiger partial charge on any atom is -0.496 e. The van der Waals surface area contributed by atoms with Crippen LogP contribution in [0.4, 0.5) is 0 Å². The normalized spacial score (nSPS) is 17.7. The van der Waals surface area contributed by atoms with Gasteiger partial charge in [0.05, 0.1) is 13.7 Å². The molecule has 1 aliphatic carbocycles. The first-order chi connectivity index (χ1) is 10.6. The number of nitrogens with zero attached hydrogens (tertiary/aromatic N) is 1. The zero-order valence-corrected chi connectivity index (χ0v) is 14.0. The number of methoxy groups -OCH3 is 2. The second-order valence-electron chi connectivity index (χ2n) is 5.91. The Hall–Kier alpha value is -1.75. The van der Waals surface area contributed by atoms with Gasteiger partial charge in [0.25, 0.3) is 0 Å². The van der Waals surface area contributed by atoms with Gasteiger partial charge in [-0.05, 0) is 25.8 Å². The number of hydrogen-bond donors (Lipinski definition) is 2. The van der Waals surface area contributed by atoms with Crippen LogP contribution >= 0.6 is 0 Å². The standard InChI is InChI=1S/C17H27N3O2/c1-13(11-21-3)20-16(18-2)19-12-17(9-10-17)14-7-5-6-8-15(14)22-4/h5-8,13H,9-12H2,1-4H3,(H2,18,19,20). The van der Waals surface area contributed by atoms with Gasteiger partial charge in [-0.15, -0.1) is 0 Å². The van der Waals surface area contributed by atoms with Crippen LogP contribution in [0.25, 0.3) is 0 Å². The van der Waals surface area contributed by atoms with Crippen LogP contribution in [-0.2, 0) is 10.2 Å². The highest BCUT2D eigenvalue weighted by molar-refractivity contribution is 5.80. The molecule has 2 N–H and O–H groups in total. The van der Waals surface area contributed by atoms with Crippen molar-refractivity contribution >= 4 is 5.96 Å². The van der Waals surface area contributed by atoms with E-state index in [1.807, 2.05) is 12.1 Å². The fourth-order valence-electron chi connectivity index (χ4n) is 2.75. The Kier molecular flexibility index (Phi) is 5.66. The maximum absolute atomic E-state index is 5.51. The van der Waals surface area contributed by atoms with Crippen LogP contribution in [0.5, 0.6) is 5.75 Å². The number of benzene rings is 1. The SMILES string of the molecule is CN=C(NCC1(c2ccccc2OC)CC1)NC(C)COC. The molecule has 0 bridgehead atoms. The second-order valence-corrected chi connectivity index (χ2v) is 5.91. The van der Waals surface area contributed by atoms with Crippen molar-refractivity contribution in [2.45, 2.75) is 31.2 Å². The third-order valence-electron chi connectivity index (χ3n) is 4.15. The molecule has 1 atom stereocenters. The zero-order valence-electron chi connectivity index (χ0n) is 14.0. The van der Waals surface area contributed by atoms with E-state index in [9.17, 15) is 0 Å². The molecule has 22 heavy (non-hydrogen) atoms. The summed E-state index contributed by atoms with van der Waals surface area (Å²) in [4.78, 5) is 4.28. The third kappa shape index (κ3) is 3.91. The minimum absolute atomic E-state index is 0.161. The molecule has 0 heterocycles. The van der Waals surface area contributed by atoms with Gasteiger partial charge in [-0.1, -0.05) is 18.2 Å². The summed E-state index contributed by atoms with van der Waals surface area (Å²) >= 11 is 0. The van der Waals surface area contributed by atoms with Gasteiger partial charge in [0.2, 0.25) is 0 Å². The molecule has 0 aliphatic heterocycles. The van der Waals surface area contributed by atoms with Crippen LogP contribution < -0.4 is 15.4 Å². The molecule has 1 aliphatic rings. The first-order valence-electron chi connectivity index (χ1n) is 7.75. The smallest absolute Gasteiger partial charge is 0.191 e. The lowest BCUT2D eigenvalue weighted by Gasteiger charge is -2.22. The molecule has 1 aromatic rings. The van der Waals surface area contributed by atoms with Gasteiger partial charge in [-0.25, -0.2) is 0 Å². The van der Waals surface area contributed by atoms with Crippen molar-refractivity contribution in [1.82, 2.24) is 10.6 Å². The van der Waals surface area contributed by atoms with E-state index in [4.69, 9.17) is 9.47 Å². The van der Waals surface area contributed by atoms with Crippen LogP contribution in [0.1, 0.15) is 25.3 Å². The number of aliphatic imine (C=N–C) groups is 1. The maximum Gasteiger partial charge on any atom is 0.191 e. The predicted molar refractivity (Wildman–Crippen MR) is 89.7 cm³/mol. The molecule has 1 saturated carbocycles. The first kappa shape index (κ1) is 16.6. The molecular formula is C17H27N3O2. The molecule has 0 amide bonds. The third-order valence-corrected chi connectivity index (χ3v) is 4.15. The summed E-state index contributed by atoms with van der Waals surface area (Å²) in [6, 6.07) is 8.50. The molecule has 5 heteroatoms. The van der Waals surface area contributed by atoms with Gasteiger partial charge in [0.15, 0.2) is 5.96 Å². The molecular weight excluding hydrogens is 278 g/mol. The summed E-state index contributed by atoms with van der Waals surface area (Å²) < 4.78 is 10.7. The van der Waals surface area contributed by atoms with E-state index in [2.05, 4.69) is 34.7 Å². The van der Waals surface area contributed by atoms with Crippen LogP contribution in [-0.4, -0.2) is 46.4 Å². The van der Waals surface area contributed by atoms with Crippen LogP contribution in [0, 0.1) is 0 Å². The quantitative estimate of drug-likeness (QED) is 0.597. The van der Waals surface area contributed by atoms with Crippen molar-refractivity contribution in [2.24, 2.45) is 4.99 Å². The molecule has 0 radical (unpaired) electrons. The van der Waals surface area contributed by atoms with E-state index in [1.54, 1.807) is 21.3 Å². The largest absolute Gasteiger partial charge is 0.496 e. The summed E-state index contributed by atoms with van der Waals surface area (Å²) in [5.74, 6) is 1.78. The number of rotatable bonds is 7. The highest BCUT2D eigenvalue weighted by atomic mass is 16.5. The number of ether oxygens (including phenoxy) is 2. The molecule has 122 valence electrons. The van der Waals surface area contributed by atoms with E-state index >= 15 is 0 Å². The Morgan fingerprint density at radius 3 is 2.64 bits per heavy atom. The van der Waals surface area contributed by atoms with Gasteiger partial charge in [0.1, 0.15) is 5.75 Å². The van der Waals surface area contributed by atoms with Gasteiger partial charge in [-0.2, -0.15) is 0 Å². The molecule has 0 aromatic heterocycles. The van der Waals surface area contributed by atoms with E-state index in [1.165, 1.54) is 18.4 Å². The summed E-state index contributed by atoms with van der Waals surface area (Å²) in [6.07, 6.45) is 2.34. The second kappa shape index (κ2) is 7.49. The van der Waals surface area contributed by atoms with Gasteiger partial charge in [-0.3, -0.25) is 4.99 Å². The zero-order chi connectivity index (χ0) is 16.0. The van der Waals surface area contributed by atoms with Gasteiger partial charge in [0, 0.05) is 37.7 Å². The Bertz CT molecular complexity index is 512. The predicted octanol–water partition coefficient (Wildman–Crippen LogP) is 1.93. The van der Waals surface area contributed by atoms with Crippen LogP contribution in [0.3, 0.4) is 0 Å². The topological polar surface area (TPSA) is 54.9 Å². The lowest BCUT2D eigenvalue weighted by Crippen LogP contribution is -2.46. The summed E-state index contributed by atoms with van der Waals surface area (Å²) in [7, 11) is 5.22. The molecule has 1 fully saturated rings. The molecule has 0 spiro atoms. The van der Waals surface area contributed by atoms with Gasteiger partial charge < -0.3 is 20.1 Å². The fourth-order valence-corrected chi connectivity index (χ4v) is 2.75. The van der Waals surface area contributed by atoms with E-state index in [0.717, 1.165) is 18.3 Å². The van der Waals surface area contributed by atoms with E-state index in [-0.39, 0.29) is 11.5 Å². The molecule has 1 aromatic carbocycles. The first-order valence-corrected chi connectivity index (χ1v) is 7.75. The Balaban J connectivity index is 1.98. The highest BCUT2D eigenvalue weighted by Crippen LogP contribution is 2.50. The average Bonchev–Trinajstić information content (AvgIpc) is 3.32. The fraction of sp³-hybridized carbons (Fsp3) is 0.588. The lowest BCUT2D eigenvalue weighted by molar-refractivity contribution is 0.179. The molecule has 0 saturated heterocycles. The van der Waals surface area contributed by atoms with Crippen molar-refractivity contribution in [2.75, 3.05) is 34.4 Å². The molecule has 1 unspecified atom stereocenters. The van der Waals surface area contributed by atoms with Crippen molar-refractivity contribution in [3.63, 3.8) is 0 Å². The number of nitrogens with one attached hydrogen (secondary N) is 2. The number of guanidine groups is 1. The van der Waals surface area contributed by atoms with Crippen molar-refractivity contribution in [3.05, 3.63) is 29.8 Å². The van der Waals surface area contributed by atoms with Crippen molar-refractivity contribution < 1.29 is 9.47 Å². The van der Waals surface area contributed by atoms with E-state index in [0.29, 0.717) is 6.61 Å². The van der Waals surface area contributed by atoms with Crippen LogP contribution in [0.15, 0.2) is 29.3 Å². The Labute approximate surface area is 133 Å². The summed E-state index contributed by atoms with van der Waals surface area (Å²) in [6.45, 7) is 3.58. The number of hydrogen-bond acceptors (Lipinski definition) is 3. The monoisotopic (exact) mass is 305 g/mol. The highest BCUT2D eigenvalue weighted by Gasteiger charge is 2.46. The maximum atomic E-state index is 5.51. The van der Waals surface area contributed by atoms with Crippen molar-refractivity contribution in [3.8, 4) is 5.75 Å². The number of para-hydroxylation sites is 1. The summed E-state index contributed by atoms with van der Waals surface area (Å²) in [5.41, 5.74) is 1.44. The molecule has 5 nitrogen and oxygen atoms in total. The van der Waals surface area contributed by atoms with E-state index < -0.39 is 0 Å². The summed E-state index contributed by atoms with van der Waals surface area (Å²) in [5, 5.41) is 6.77. The molecule has 2 rings (SSSR count). The lowest BCUT2D eigenvalue weighted by atomic mass is 9.95. The minimum atomic E-state index is 0.161. The Morgan fingerprint density at radius 2 is 2.05 bits per heavy atom.